The van der Waals surface area contributed by atoms with E-state index in [-0.39, 0.29) is 12.7 Å². The van der Waals surface area contributed by atoms with Gasteiger partial charge in [0.05, 0.1) is 0 Å². The molecule has 0 bridgehead atoms. The normalized spacial score (nSPS) is 10.4. The van der Waals surface area contributed by atoms with Gasteiger partial charge in [0.2, 0.25) is 0 Å². The molecule has 0 aliphatic rings. The van der Waals surface area contributed by atoms with Gasteiger partial charge < -0.3 is 4.74 Å². The number of anilines is 1. The minimum absolute atomic E-state index is 0.274. The second-order valence-corrected chi connectivity index (χ2v) is 6.61. The van der Waals surface area contributed by atoms with Crippen LogP contribution >= 0.6 is 0 Å². The van der Waals surface area contributed by atoms with E-state index in [1.165, 1.54) is 21.6 Å². The summed E-state index contributed by atoms with van der Waals surface area (Å²) < 4.78 is 5.38. The first kappa shape index (κ1) is 18.7. The summed E-state index contributed by atoms with van der Waals surface area (Å²) in [5.74, 6) is 0. The quantitative estimate of drug-likeness (QED) is 0.572. The first-order chi connectivity index (χ1) is 13.2. The minimum Gasteiger partial charge on any atom is -0.444 e. The van der Waals surface area contributed by atoms with E-state index in [0.29, 0.717) is 0 Å². The van der Waals surface area contributed by atoms with Gasteiger partial charge in [-0.15, -0.1) is 0 Å². The zero-order chi connectivity index (χ0) is 19.1. The molecule has 3 aromatic rings. The molecule has 27 heavy (non-hydrogen) atoms. The van der Waals surface area contributed by atoms with Gasteiger partial charge in [0.25, 0.3) is 0 Å². The summed E-state index contributed by atoms with van der Waals surface area (Å²) in [6, 6.07) is 26.4. The lowest BCUT2D eigenvalue weighted by atomic mass is 10.0. The van der Waals surface area contributed by atoms with Gasteiger partial charge in [0, 0.05) is 12.7 Å². The predicted octanol–water partition coefficient (Wildman–Crippen LogP) is 5.61. The lowest BCUT2D eigenvalue weighted by Crippen LogP contribution is -2.26. The van der Waals surface area contributed by atoms with Crippen molar-refractivity contribution < 1.29 is 9.53 Å². The van der Waals surface area contributed by atoms with Crippen molar-refractivity contribution in [3.8, 4) is 0 Å². The summed E-state index contributed by atoms with van der Waals surface area (Å²) in [5.41, 5.74) is 5.65. The molecule has 0 unspecified atom stereocenters. The van der Waals surface area contributed by atoms with E-state index in [1.54, 1.807) is 7.05 Å². The first-order valence-electron chi connectivity index (χ1n) is 9.27. The summed E-state index contributed by atoms with van der Waals surface area (Å²) in [4.78, 5) is 13.8. The molecule has 0 saturated carbocycles. The van der Waals surface area contributed by atoms with Gasteiger partial charge in [0.1, 0.15) is 6.61 Å². The number of benzene rings is 3. The van der Waals surface area contributed by atoms with Crippen molar-refractivity contribution in [1.82, 2.24) is 0 Å². The molecule has 0 atom stereocenters. The van der Waals surface area contributed by atoms with Crippen LogP contribution in [0, 0.1) is 0 Å². The van der Waals surface area contributed by atoms with Crippen molar-refractivity contribution in [1.29, 1.82) is 0 Å². The fraction of sp³-hybridized carbons (Fsp3) is 0.208. The highest BCUT2D eigenvalue weighted by atomic mass is 16.6. The Hall–Kier alpha value is -3.07. The van der Waals surface area contributed by atoms with E-state index in [9.17, 15) is 4.79 Å². The van der Waals surface area contributed by atoms with E-state index in [0.717, 1.165) is 24.1 Å². The molecule has 0 aliphatic carbocycles. The molecule has 1 amide bonds. The number of hydrogen-bond acceptors (Lipinski definition) is 2. The van der Waals surface area contributed by atoms with Crippen LogP contribution in [0.3, 0.4) is 0 Å². The molecule has 3 nitrogen and oxygen atoms in total. The molecule has 0 N–H and O–H groups in total. The SMILES string of the molecule is CCc1ccc(Cc2ccc(N(C)C(=O)OCc3ccccc3)cc2)cc1. The second kappa shape index (κ2) is 9.04. The van der Waals surface area contributed by atoms with Gasteiger partial charge in [-0.05, 0) is 47.2 Å². The molecule has 0 aliphatic heterocycles. The number of nitrogens with zero attached hydrogens (tertiary/aromatic N) is 1. The largest absolute Gasteiger partial charge is 0.444 e. The molecule has 0 spiro atoms. The third kappa shape index (κ3) is 5.20. The number of aryl methyl sites for hydroxylation is 1. The van der Waals surface area contributed by atoms with E-state index in [1.807, 2.05) is 42.5 Å². The monoisotopic (exact) mass is 359 g/mol. The molecule has 138 valence electrons. The molecule has 3 heteroatoms. The van der Waals surface area contributed by atoms with Gasteiger partial charge >= 0.3 is 6.09 Å². The molecular formula is C24H25NO2. The average Bonchev–Trinajstić information content (AvgIpc) is 2.73. The topological polar surface area (TPSA) is 29.5 Å². The maximum Gasteiger partial charge on any atom is 0.414 e. The van der Waals surface area contributed by atoms with Crippen LogP contribution in [0.4, 0.5) is 10.5 Å². The first-order valence-corrected chi connectivity index (χ1v) is 9.27. The Labute approximate surface area is 161 Å². The van der Waals surface area contributed by atoms with Crippen molar-refractivity contribution in [2.45, 2.75) is 26.4 Å². The summed E-state index contributed by atoms with van der Waals surface area (Å²) in [7, 11) is 1.73. The van der Waals surface area contributed by atoms with Gasteiger partial charge in [-0.3, -0.25) is 4.90 Å². The van der Waals surface area contributed by atoms with Crippen LogP contribution in [-0.2, 0) is 24.2 Å². The van der Waals surface area contributed by atoms with Crippen LogP contribution < -0.4 is 4.90 Å². The fourth-order valence-electron chi connectivity index (χ4n) is 2.89. The Morgan fingerprint density at radius 2 is 1.33 bits per heavy atom. The molecule has 0 fully saturated rings. The van der Waals surface area contributed by atoms with Gasteiger partial charge in [-0.1, -0.05) is 73.7 Å². The van der Waals surface area contributed by atoms with Crippen molar-refractivity contribution in [3.05, 3.63) is 101 Å². The predicted molar refractivity (Wildman–Crippen MR) is 110 cm³/mol. The Bertz CT molecular complexity index is 855. The van der Waals surface area contributed by atoms with E-state index in [4.69, 9.17) is 4.74 Å². The highest BCUT2D eigenvalue weighted by molar-refractivity contribution is 5.86. The van der Waals surface area contributed by atoms with Crippen LogP contribution in [0.15, 0.2) is 78.9 Å². The number of carbonyl (C=O) groups excluding carboxylic acids is 1. The summed E-state index contributed by atoms with van der Waals surface area (Å²) in [5, 5.41) is 0. The number of rotatable bonds is 6. The number of ether oxygens (including phenoxy) is 1. The molecule has 3 aromatic carbocycles. The van der Waals surface area contributed by atoms with Crippen LogP contribution in [0.25, 0.3) is 0 Å². The second-order valence-electron chi connectivity index (χ2n) is 6.61. The molecule has 3 rings (SSSR count). The number of hydrogen-bond donors (Lipinski definition) is 0. The smallest absolute Gasteiger partial charge is 0.414 e. The summed E-state index contributed by atoms with van der Waals surface area (Å²) in [6.07, 6.45) is 1.58. The number of amides is 1. The standard InChI is InChI=1S/C24H25NO2/c1-3-19-9-11-20(12-10-19)17-21-13-15-23(16-14-21)25(2)24(26)27-18-22-7-5-4-6-8-22/h4-16H,3,17-18H2,1-2H3. The van der Waals surface area contributed by atoms with Gasteiger partial charge in [0.15, 0.2) is 0 Å². The van der Waals surface area contributed by atoms with Crippen LogP contribution in [0.2, 0.25) is 0 Å². The van der Waals surface area contributed by atoms with Crippen molar-refractivity contribution >= 4 is 11.8 Å². The van der Waals surface area contributed by atoms with Crippen LogP contribution in [0.5, 0.6) is 0 Å². The Kier molecular flexibility index (Phi) is 6.26. The third-order valence-corrected chi connectivity index (χ3v) is 4.64. The minimum atomic E-state index is -0.359. The van der Waals surface area contributed by atoms with Crippen molar-refractivity contribution in [3.63, 3.8) is 0 Å². The van der Waals surface area contributed by atoms with Crippen molar-refractivity contribution in [2.24, 2.45) is 0 Å². The Morgan fingerprint density at radius 3 is 1.93 bits per heavy atom. The maximum absolute atomic E-state index is 12.3. The molecule has 0 aromatic heterocycles. The fourth-order valence-corrected chi connectivity index (χ4v) is 2.89. The zero-order valence-corrected chi connectivity index (χ0v) is 15.9. The highest BCUT2D eigenvalue weighted by Gasteiger charge is 2.12. The van der Waals surface area contributed by atoms with Gasteiger partial charge in [-0.25, -0.2) is 4.79 Å². The number of carbonyl (C=O) groups is 1. The van der Waals surface area contributed by atoms with E-state index < -0.39 is 0 Å². The Morgan fingerprint density at radius 1 is 0.778 bits per heavy atom. The maximum atomic E-state index is 12.3. The summed E-state index contributed by atoms with van der Waals surface area (Å²) >= 11 is 0. The molecule has 0 heterocycles. The molecule has 0 saturated heterocycles. The summed E-state index contributed by atoms with van der Waals surface area (Å²) in [6.45, 7) is 2.44. The Balaban J connectivity index is 1.57. The van der Waals surface area contributed by atoms with E-state index >= 15 is 0 Å². The lowest BCUT2D eigenvalue weighted by Gasteiger charge is -2.17. The average molecular weight is 359 g/mol. The van der Waals surface area contributed by atoms with Crippen molar-refractivity contribution in [2.75, 3.05) is 11.9 Å². The third-order valence-electron chi connectivity index (χ3n) is 4.64. The van der Waals surface area contributed by atoms with Gasteiger partial charge in [-0.2, -0.15) is 0 Å². The lowest BCUT2D eigenvalue weighted by molar-refractivity contribution is 0.148. The zero-order valence-electron chi connectivity index (χ0n) is 15.9. The van der Waals surface area contributed by atoms with E-state index in [2.05, 4.69) is 43.3 Å². The molecule has 0 radical (unpaired) electrons. The highest BCUT2D eigenvalue weighted by Crippen LogP contribution is 2.18. The molecular weight excluding hydrogens is 334 g/mol. The van der Waals surface area contributed by atoms with Crippen LogP contribution in [0.1, 0.15) is 29.2 Å². The van der Waals surface area contributed by atoms with Crippen LogP contribution in [-0.4, -0.2) is 13.1 Å².